The number of hydrogen-bond acceptors (Lipinski definition) is 4. The fourth-order valence-electron chi connectivity index (χ4n) is 2.54. The first-order valence-electron chi connectivity index (χ1n) is 7.18. The minimum atomic E-state index is -1.36. The number of aliphatic carboxylic acids is 1. The number of para-hydroxylation sites is 2. The Morgan fingerprint density at radius 2 is 1.61 bits per heavy atom. The lowest BCUT2D eigenvalue weighted by Gasteiger charge is -2.15. The number of aromatic nitrogens is 1. The number of benzene rings is 2. The molecule has 1 atom stereocenters. The molecule has 1 amide bonds. The summed E-state index contributed by atoms with van der Waals surface area (Å²) in [7, 11) is 0. The first-order chi connectivity index (χ1) is 11.1. The molecule has 3 aromatic rings. The predicted octanol–water partition coefficient (Wildman–Crippen LogP) is 1.62. The molecule has 118 valence electrons. The maximum Gasteiger partial charge on any atom is 0.409 e. The number of nitrogens with zero attached hydrogens (tertiary/aromatic N) is 1. The summed E-state index contributed by atoms with van der Waals surface area (Å²) in [4.78, 5) is 22.3. The second-order valence-electron chi connectivity index (χ2n) is 5.21. The average molecular weight is 311 g/mol. The van der Waals surface area contributed by atoms with Crippen molar-refractivity contribution in [2.45, 2.75) is 19.7 Å². The van der Waals surface area contributed by atoms with Gasteiger partial charge in [-0.25, -0.2) is 4.79 Å². The van der Waals surface area contributed by atoms with Gasteiger partial charge in [-0.2, -0.15) is 0 Å². The quantitative estimate of drug-likeness (QED) is 0.793. The van der Waals surface area contributed by atoms with Crippen LogP contribution < -0.4 is 10.4 Å². The molecule has 0 bridgehead atoms. The highest BCUT2D eigenvalue weighted by atomic mass is 16.6. The van der Waals surface area contributed by atoms with Gasteiger partial charge in [-0.3, -0.25) is 0 Å². The molecule has 0 aliphatic rings. The van der Waals surface area contributed by atoms with Crippen LogP contribution >= 0.6 is 0 Å². The number of carbonyl (C=O) groups excluding carboxylic acids is 2. The van der Waals surface area contributed by atoms with E-state index in [4.69, 9.17) is 4.74 Å². The van der Waals surface area contributed by atoms with E-state index in [9.17, 15) is 14.7 Å². The van der Waals surface area contributed by atoms with Crippen LogP contribution in [-0.2, 0) is 16.3 Å². The number of carbonyl (C=O) groups is 2. The van der Waals surface area contributed by atoms with E-state index in [0.717, 1.165) is 21.8 Å². The van der Waals surface area contributed by atoms with Gasteiger partial charge in [0.25, 0.3) is 0 Å². The van der Waals surface area contributed by atoms with E-state index in [0.29, 0.717) is 0 Å². The first-order valence-corrected chi connectivity index (χ1v) is 7.18. The van der Waals surface area contributed by atoms with Crippen molar-refractivity contribution in [3.63, 3.8) is 0 Å². The zero-order valence-corrected chi connectivity index (χ0v) is 12.5. The average Bonchev–Trinajstić information content (AvgIpc) is 2.87. The van der Waals surface area contributed by atoms with Gasteiger partial charge in [0, 0.05) is 10.8 Å². The summed E-state index contributed by atoms with van der Waals surface area (Å²) < 4.78 is 7.01. The van der Waals surface area contributed by atoms with Crippen molar-refractivity contribution in [3.05, 3.63) is 48.5 Å². The fraction of sp³-hybridized carbons (Fsp3) is 0.176. The van der Waals surface area contributed by atoms with Crippen molar-refractivity contribution in [2.75, 3.05) is 0 Å². The summed E-state index contributed by atoms with van der Waals surface area (Å²) in [6.45, 7) is 1.30. The minimum Gasteiger partial charge on any atom is -0.548 e. The van der Waals surface area contributed by atoms with Crippen molar-refractivity contribution >= 4 is 33.9 Å². The second kappa shape index (κ2) is 6.00. The van der Waals surface area contributed by atoms with E-state index in [1.54, 1.807) is 0 Å². The molecule has 1 aromatic heterocycles. The lowest BCUT2D eigenvalue weighted by molar-refractivity contribution is -0.307. The van der Waals surface area contributed by atoms with Crippen molar-refractivity contribution < 1.29 is 19.4 Å². The molecular weight excluding hydrogens is 296 g/mol. The van der Waals surface area contributed by atoms with Crippen LogP contribution in [0.5, 0.6) is 0 Å². The van der Waals surface area contributed by atoms with Crippen LogP contribution in [0.2, 0.25) is 0 Å². The molecule has 1 heterocycles. The monoisotopic (exact) mass is 311 g/mol. The number of ether oxygens (including phenoxy) is 1. The van der Waals surface area contributed by atoms with Gasteiger partial charge in [-0.15, -0.1) is 0 Å². The van der Waals surface area contributed by atoms with Crippen LogP contribution in [0.4, 0.5) is 4.79 Å². The topological polar surface area (TPSA) is 83.4 Å². The smallest absolute Gasteiger partial charge is 0.409 e. The van der Waals surface area contributed by atoms with E-state index in [2.05, 4.69) is 5.32 Å². The van der Waals surface area contributed by atoms with Crippen LogP contribution in [0.1, 0.15) is 6.92 Å². The lowest BCUT2D eigenvalue weighted by atomic mass is 10.2. The summed E-state index contributed by atoms with van der Waals surface area (Å²) in [5, 5.41) is 15.0. The maximum atomic E-state index is 11.7. The second-order valence-corrected chi connectivity index (χ2v) is 5.21. The van der Waals surface area contributed by atoms with E-state index < -0.39 is 18.1 Å². The molecule has 0 saturated heterocycles. The van der Waals surface area contributed by atoms with Gasteiger partial charge >= 0.3 is 6.09 Å². The predicted molar refractivity (Wildman–Crippen MR) is 83.5 cm³/mol. The normalized spacial score (nSPS) is 12.2. The number of rotatable bonds is 4. The van der Waals surface area contributed by atoms with Gasteiger partial charge in [0.2, 0.25) is 0 Å². The van der Waals surface area contributed by atoms with Crippen LogP contribution in [0.25, 0.3) is 21.8 Å². The number of hydrogen-bond donors (Lipinski definition) is 1. The van der Waals surface area contributed by atoms with Crippen LogP contribution in [0, 0.1) is 0 Å². The third-order valence-corrected chi connectivity index (χ3v) is 3.69. The molecule has 2 aromatic carbocycles. The number of nitrogens with one attached hydrogen (secondary N) is 1. The van der Waals surface area contributed by atoms with E-state index in [-0.39, 0.29) is 6.73 Å². The number of fused-ring (bicyclic) bond motifs is 3. The third-order valence-electron chi connectivity index (χ3n) is 3.69. The Labute approximate surface area is 132 Å². The number of amides is 1. The van der Waals surface area contributed by atoms with Gasteiger partial charge < -0.3 is 24.5 Å². The highest BCUT2D eigenvalue weighted by molar-refractivity contribution is 6.07. The van der Waals surface area contributed by atoms with Crippen molar-refractivity contribution in [3.8, 4) is 0 Å². The van der Waals surface area contributed by atoms with E-state index in [1.807, 2.05) is 53.1 Å². The Balaban J connectivity index is 1.87. The standard InChI is InChI=1S/C17H16N2O4/c1-11(16(20)21)18-17(22)23-10-19-14-8-4-2-6-12(14)13-7-3-5-9-15(13)19/h2-9,11H,10H2,1H3,(H,18,22)(H,20,21)/p-1. The van der Waals surface area contributed by atoms with E-state index >= 15 is 0 Å². The summed E-state index contributed by atoms with van der Waals surface area (Å²) >= 11 is 0. The van der Waals surface area contributed by atoms with E-state index in [1.165, 1.54) is 6.92 Å². The molecule has 0 fully saturated rings. The molecule has 1 unspecified atom stereocenters. The molecule has 3 rings (SSSR count). The highest BCUT2D eigenvalue weighted by Gasteiger charge is 2.12. The third kappa shape index (κ3) is 2.83. The molecule has 0 saturated carbocycles. The Bertz CT molecular complexity index is 831. The Morgan fingerprint density at radius 1 is 1.09 bits per heavy atom. The Kier molecular flexibility index (Phi) is 3.89. The molecule has 0 spiro atoms. The number of alkyl carbamates (subject to hydrolysis) is 1. The minimum absolute atomic E-state index is 0.0143. The summed E-state index contributed by atoms with van der Waals surface area (Å²) in [5.74, 6) is -1.36. The molecular formula is C17H15N2O4-. The largest absolute Gasteiger partial charge is 0.548 e. The van der Waals surface area contributed by atoms with Crippen molar-refractivity contribution in [2.24, 2.45) is 0 Å². The lowest BCUT2D eigenvalue weighted by Crippen LogP contribution is -2.46. The number of carboxylic acid groups (broad SMARTS) is 1. The molecule has 0 radical (unpaired) electrons. The molecule has 0 aliphatic carbocycles. The SMILES string of the molecule is CC(NC(=O)OCn1c2ccccc2c2ccccc21)C(=O)[O-]. The molecule has 6 heteroatoms. The van der Waals surface area contributed by atoms with Gasteiger partial charge in [-0.1, -0.05) is 36.4 Å². The molecule has 23 heavy (non-hydrogen) atoms. The molecule has 0 aliphatic heterocycles. The van der Waals surface area contributed by atoms with Crippen molar-refractivity contribution in [1.29, 1.82) is 0 Å². The fourth-order valence-corrected chi connectivity index (χ4v) is 2.54. The van der Waals surface area contributed by atoms with Crippen LogP contribution in [0.15, 0.2) is 48.5 Å². The number of carboxylic acids is 1. The maximum absolute atomic E-state index is 11.7. The summed E-state index contributed by atoms with van der Waals surface area (Å²) in [6.07, 6.45) is -0.802. The molecule has 1 N–H and O–H groups in total. The van der Waals surface area contributed by atoms with Gasteiger partial charge in [-0.05, 0) is 19.1 Å². The van der Waals surface area contributed by atoms with Gasteiger partial charge in [0.05, 0.1) is 23.0 Å². The van der Waals surface area contributed by atoms with Crippen LogP contribution in [0.3, 0.4) is 0 Å². The Hall–Kier alpha value is -3.02. The summed E-state index contributed by atoms with van der Waals surface area (Å²) in [6, 6.07) is 14.5. The Morgan fingerprint density at radius 3 is 2.13 bits per heavy atom. The molecule has 6 nitrogen and oxygen atoms in total. The van der Waals surface area contributed by atoms with Crippen molar-refractivity contribution in [1.82, 2.24) is 9.88 Å². The van der Waals surface area contributed by atoms with Gasteiger partial charge in [0.1, 0.15) is 0 Å². The van der Waals surface area contributed by atoms with Gasteiger partial charge in [0.15, 0.2) is 6.73 Å². The van der Waals surface area contributed by atoms with Crippen LogP contribution in [-0.4, -0.2) is 22.7 Å². The zero-order chi connectivity index (χ0) is 16.4. The zero-order valence-electron chi connectivity index (χ0n) is 12.5. The highest BCUT2D eigenvalue weighted by Crippen LogP contribution is 2.28. The first kappa shape index (κ1) is 14.9. The summed E-state index contributed by atoms with van der Waals surface area (Å²) in [5.41, 5.74) is 1.88.